The second-order valence-electron chi connectivity index (χ2n) is 4.10. The average Bonchev–Trinajstić information content (AvgIpc) is 2.42. The first kappa shape index (κ1) is 18.6. The van der Waals surface area contributed by atoms with Gasteiger partial charge in [-0.05, 0) is 13.8 Å². The molecule has 0 aromatic heterocycles. The lowest BCUT2D eigenvalue weighted by molar-refractivity contribution is -0.212. The van der Waals surface area contributed by atoms with Crippen molar-refractivity contribution in [3.05, 3.63) is 37.0 Å². The molecule has 0 aliphatic rings. The van der Waals surface area contributed by atoms with E-state index in [9.17, 15) is 19.5 Å². The van der Waals surface area contributed by atoms with E-state index < -0.39 is 36.9 Å². The van der Waals surface area contributed by atoms with E-state index in [0.717, 1.165) is 6.08 Å². The van der Waals surface area contributed by atoms with Gasteiger partial charge in [-0.1, -0.05) is 19.7 Å². The van der Waals surface area contributed by atoms with Gasteiger partial charge in [-0.3, -0.25) is 0 Å². The van der Waals surface area contributed by atoms with Crippen LogP contribution in [-0.2, 0) is 28.6 Å². The van der Waals surface area contributed by atoms with Crippen molar-refractivity contribution >= 4 is 17.9 Å². The molecule has 116 valence electrons. The van der Waals surface area contributed by atoms with E-state index in [-0.39, 0.29) is 11.1 Å². The van der Waals surface area contributed by atoms with E-state index in [1.165, 1.54) is 13.8 Å². The molecule has 0 aliphatic heterocycles. The molecule has 0 rings (SSSR count). The van der Waals surface area contributed by atoms with Gasteiger partial charge in [-0.2, -0.15) is 0 Å². The Hall–Kier alpha value is -2.41. The zero-order valence-corrected chi connectivity index (χ0v) is 12.0. The van der Waals surface area contributed by atoms with Gasteiger partial charge in [0.1, 0.15) is 0 Å². The molecule has 0 aromatic carbocycles. The van der Waals surface area contributed by atoms with Crippen LogP contribution in [0.15, 0.2) is 37.0 Å². The third-order valence-electron chi connectivity index (χ3n) is 2.06. The molecule has 0 aromatic rings. The molecule has 0 saturated carbocycles. The lowest BCUT2D eigenvalue weighted by Crippen LogP contribution is -2.41. The maximum absolute atomic E-state index is 11.5. The highest BCUT2D eigenvalue weighted by Crippen LogP contribution is 2.11. The summed E-state index contributed by atoms with van der Waals surface area (Å²) >= 11 is 0. The fraction of sp³-hybridized carbons (Fsp3) is 0.357. The SMILES string of the molecule is C=CC(=O)OC(OC(=O)C(=C)C)C(CO)OC(=O)C(=C)C. The summed E-state index contributed by atoms with van der Waals surface area (Å²) in [4.78, 5) is 34.1. The summed E-state index contributed by atoms with van der Waals surface area (Å²) in [6.45, 7) is 11.9. The Balaban J connectivity index is 5.11. The van der Waals surface area contributed by atoms with E-state index in [2.05, 4.69) is 19.7 Å². The zero-order chi connectivity index (χ0) is 16.6. The van der Waals surface area contributed by atoms with Gasteiger partial charge in [0.25, 0.3) is 6.29 Å². The predicted molar refractivity (Wildman–Crippen MR) is 72.8 cm³/mol. The first-order valence-electron chi connectivity index (χ1n) is 5.89. The van der Waals surface area contributed by atoms with Gasteiger partial charge in [-0.15, -0.1) is 0 Å². The van der Waals surface area contributed by atoms with Crippen molar-refractivity contribution in [3.63, 3.8) is 0 Å². The van der Waals surface area contributed by atoms with E-state index in [1.54, 1.807) is 0 Å². The molecule has 0 amide bonds. The van der Waals surface area contributed by atoms with Crippen LogP contribution in [0.4, 0.5) is 0 Å². The second kappa shape index (κ2) is 8.70. The molecule has 7 nitrogen and oxygen atoms in total. The Bertz CT molecular complexity index is 464. The minimum absolute atomic E-state index is 0.0394. The fourth-order valence-corrected chi connectivity index (χ4v) is 0.961. The second-order valence-corrected chi connectivity index (χ2v) is 4.10. The van der Waals surface area contributed by atoms with Gasteiger partial charge in [0.05, 0.1) is 6.61 Å². The van der Waals surface area contributed by atoms with Crippen molar-refractivity contribution in [1.29, 1.82) is 0 Å². The number of ether oxygens (including phenoxy) is 3. The summed E-state index contributed by atoms with van der Waals surface area (Å²) in [7, 11) is 0. The van der Waals surface area contributed by atoms with E-state index in [4.69, 9.17) is 14.2 Å². The number of hydrogen-bond donors (Lipinski definition) is 1. The molecular weight excluding hydrogens is 280 g/mol. The first-order chi connectivity index (χ1) is 9.72. The van der Waals surface area contributed by atoms with Gasteiger partial charge in [-0.25, -0.2) is 14.4 Å². The predicted octanol–water partition coefficient (Wildman–Crippen LogP) is 0.641. The lowest BCUT2D eigenvalue weighted by Gasteiger charge is -2.24. The third-order valence-corrected chi connectivity index (χ3v) is 2.06. The topological polar surface area (TPSA) is 99.1 Å². The number of carbonyl (C=O) groups excluding carboxylic acids is 3. The van der Waals surface area contributed by atoms with Crippen LogP contribution >= 0.6 is 0 Å². The monoisotopic (exact) mass is 298 g/mol. The number of hydrogen-bond acceptors (Lipinski definition) is 7. The minimum atomic E-state index is -1.63. The van der Waals surface area contributed by atoms with Gasteiger partial charge in [0, 0.05) is 17.2 Å². The van der Waals surface area contributed by atoms with Crippen LogP contribution in [0.1, 0.15) is 13.8 Å². The smallest absolute Gasteiger partial charge is 0.336 e. The van der Waals surface area contributed by atoms with Gasteiger partial charge in [0.2, 0.25) is 0 Å². The maximum atomic E-state index is 11.5. The number of aliphatic hydroxyl groups excluding tert-OH is 1. The van der Waals surface area contributed by atoms with Crippen LogP contribution in [-0.4, -0.2) is 42.0 Å². The molecule has 2 atom stereocenters. The molecule has 0 saturated heterocycles. The van der Waals surface area contributed by atoms with E-state index in [1.807, 2.05) is 0 Å². The van der Waals surface area contributed by atoms with Crippen molar-refractivity contribution < 1.29 is 33.7 Å². The van der Waals surface area contributed by atoms with Gasteiger partial charge in [0.15, 0.2) is 6.10 Å². The highest BCUT2D eigenvalue weighted by Gasteiger charge is 2.31. The molecular formula is C14H18O7. The van der Waals surface area contributed by atoms with Gasteiger partial charge >= 0.3 is 17.9 Å². The molecule has 0 bridgehead atoms. The summed E-state index contributed by atoms with van der Waals surface area (Å²) < 4.78 is 14.4. The van der Waals surface area contributed by atoms with Crippen molar-refractivity contribution in [2.24, 2.45) is 0 Å². The largest absolute Gasteiger partial charge is 0.449 e. The molecule has 0 aliphatic carbocycles. The molecule has 1 N–H and O–H groups in total. The molecule has 7 heteroatoms. The van der Waals surface area contributed by atoms with Crippen molar-refractivity contribution in [2.45, 2.75) is 26.2 Å². The third kappa shape index (κ3) is 6.53. The molecule has 0 fully saturated rings. The van der Waals surface area contributed by atoms with Crippen LogP contribution in [0, 0.1) is 0 Å². The Labute approximate surface area is 122 Å². The van der Waals surface area contributed by atoms with Crippen molar-refractivity contribution in [2.75, 3.05) is 6.61 Å². The van der Waals surface area contributed by atoms with Crippen LogP contribution in [0.5, 0.6) is 0 Å². The summed E-state index contributed by atoms with van der Waals surface area (Å²) in [5.74, 6) is -2.62. The number of esters is 3. The van der Waals surface area contributed by atoms with E-state index in [0.29, 0.717) is 0 Å². The Morgan fingerprint density at radius 2 is 1.52 bits per heavy atom. The maximum Gasteiger partial charge on any atom is 0.336 e. The van der Waals surface area contributed by atoms with Crippen LogP contribution in [0.25, 0.3) is 0 Å². The number of aliphatic hydroxyl groups is 1. The summed E-state index contributed by atoms with van der Waals surface area (Å²) in [5, 5.41) is 9.23. The fourth-order valence-electron chi connectivity index (χ4n) is 0.961. The highest BCUT2D eigenvalue weighted by atomic mass is 16.7. The minimum Gasteiger partial charge on any atom is -0.449 e. The lowest BCUT2D eigenvalue weighted by atomic mass is 10.3. The van der Waals surface area contributed by atoms with Crippen molar-refractivity contribution in [3.8, 4) is 0 Å². The Morgan fingerprint density at radius 1 is 1.05 bits per heavy atom. The normalized spacial score (nSPS) is 12.5. The van der Waals surface area contributed by atoms with Crippen molar-refractivity contribution in [1.82, 2.24) is 0 Å². The number of rotatable bonds is 8. The highest BCUT2D eigenvalue weighted by molar-refractivity contribution is 5.88. The van der Waals surface area contributed by atoms with Crippen LogP contribution in [0.2, 0.25) is 0 Å². The van der Waals surface area contributed by atoms with E-state index >= 15 is 0 Å². The summed E-state index contributed by atoms with van der Waals surface area (Å²) in [6.07, 6.45) is -2.20. The standard InChI is InChI=1S/C14H18O7/c1-6-11(16)20-14(21-13(18)9(4)5)10(7-15)19-12(17)8(2)3/h6,10,14-15H,1-2,4,7H2,3,5H3. The summed E-state index contributed by atoms with van der Waals surface area (Å²) in [6, 6.07) is 0. The number of carbonyl (C=O) groups is 3. The quantitative estimate of drug-likeness (QED) is 0.399. The van der Waals surface area contributed by atoms with Crippen LogP contribution < -0.4 is 0 Å². The molecule has 2 unspecified atom stereocenters. The van der Waals surface area contributed by atoms with Gasteiger partial charge < -0.3 is 19.3 Å². The summed E-state index contributed by atoms with van der Waals surface area (Å²) in [5.41, 5.74) is 0.103. The average molecular weight is 298 g/mol. The molecule has 0 radical (unpaired) electrons. The zero-order valence-electron chi connectivity index (χ0n) is 12.0. The molecule has 21 heavy (non-hydrogen) atoms. The molecule has 0 heterocycles. The Kier molecular flexibility index (Phi) is 7.70. The first-order valence-corrected chi connectivity index (χ1v) is 5.89. The Morgan fingerprint density at radius 3 is 1.90 bits per heavy atom. The van der Waals surface area contributed by atoms with Crippen LogP contribution in [0.3, 0.4) is 0 Å². The molecule has 0 spiro atoms.